The molecule has 2 nitrogen and oxygen atoms in total. The Labute approximate surface area is 301 Å². The molecule has 2 heterocycles. The van der Waals surface area contributed by atoms with Gasteiger partial charge in [-0.3, -0.25) is 4.57 Å². The average Bonchev–Trinajstić information content (AvgIpc) is 3.80. The topological polar surface area (TPSA) is 17.8 Å². The molecule has 0 spiro atoms. The van der Waals surface area contributed by atoms with E-state index in [4.69, 9.17) is 11.8 Å². The molecule has 0 aliphatic heterocycles. The zero-order valence-corrected chi connectivity index (χ0v) is 28.0. The van der Waals surface area contributed by atoms with Crippen LogP contribution in [0.3, 0.4) is 0 Å². The van der Waals surface area contributed by atoms with Crippen molar-refractivity contribution in [3.8, 4) is 39.1 Å². The highest BCUT2D eigenvalue weighted by molar-refractivity contribution is 7.25. The molecule has 0 saturated carbocycles. The normalized spacial score (nSPS) is 13.2. The number of benzene rings is 8. The molecule has 0 fully saturated rings. The van der Waals surface area contributed by atoms with Crippen LogP contribution in [-0.4, -0.2) is 9.55 Å². The Morgan fingerprint density at radius 3 is 2.16 bits per heavy atom. The predicted molar refractivity (Wildman–Crippen MR) is 215 cm³/mol. The minimum atomic E-state index is -0.402. The van der Waals surface area contributed by atoms with E-state index in [9.17, 15) is 0 Å². The molecule has 3 heteroatoms. The van der Waals surface area contributed by atoms with E-state index in [0.29, 0.717) is 5.56 Å². The van der Waals surface area contributed by atoms with Crippen molar-refractivity contribution >= 4 is 64.1 Å². The van der Waals surface area contributed by atoms with Crippen molar-refractivity contribution in [2.75, 3.05) is 0 Å². The second kappa shape index (κ2) is 11.5. The fourth-order valence-electron chi connectivity index (χ4n) is 7.71. The Bertz CT molecular complexity index is 3190. The standard InChI is InChI=1S/C47H32N2S/c1-2-44-48-40-22-9-10-23-41(40)49(44)33-17-12-16-32(28-33)45-34-18-6-7-19-35(34)46(39-29-31(26-27-36(39)45)30-14-4-3-5-15-30)38-21-13-25-43-47(38)37-20-8-11-24-42(37)50-43/h3-29H,2H2,1H3/i3D,4D,5D,14D,15D. The van der Waals surface area contributed by atoms with E-state index >= 15 is 0 Å². The van der Waals surface area contributed by atoms with E-state index in [0.717, 1.165) is 72.8 Å². The monoisotopic (exact) mass is 661 g/mol. The third-order valence-corrected chi connectivity index (χ3v) is 11.0. The van der Waals surface area contributed by atoms with Crippen LogP contribution < -0.4 is 0 Å². The molecule has 0 aliphatic carbocycles. The Kier molecular flexibility index (Phi) is 5.58. The van der Waals surface area contributed by atoms with Gasteiger partial charge >= 0.3 is 0 Å². The van der Waals surface area contributed by atoms with Crippen molar-refractivity contribution in [1.82, 2.24) is 9.55 Å². The van der Waals surface area contributed by atoms with Gasteiger partial charge in [-0.2, -0.15) is 0 Å². The lowest BCUT2D eigenvalue weighted by molar-refractivity contribution is 0.908. The highest BCUT2D eigenvalue weighted by Crippen LogP contribution is 2.48. The summed E-state index contributed by atoms with van der Waals surface area (Å²) in [6.07, 6.45) is 0.780. The minimum Gasteiger partial charge on any atom is -0.296 e. The van der Waals surface area contributed by atoms with E-state index < -0.39 is 6.04 Å². The number of aryl methyl sites for hydroxylation is 1. The van der Waals surface area contributed by atoms with Gasteiger partial charge in [0, 0.05) is 32.3 Å². The van der Waals surface area contributed by atoms with Crippen LogP contribution in [-0.2, 0) is 6.42 Å². The molecule has 0 radical (unpaired) electrons. The number of thiophene rings is 1. The van der Waals surface area contributed by atoms with Gasteiger partial charge in [0.1, 0.15) is 5.82 Å². The number of hydrogen-bond donors (Lipinski definition) is 0. The first kappa shape index (κ1) is 24.2. The molecule has 0 N–H and O–H groups in total. The highest BCUT2D eigenvalue weighted by Gasteiger charge is 2.21. The first-order valence-corrected chi connectivity index (χ1v) is 17.7. The SMILES string of the molecule is [2H]c1c([2H])c([2H])c(-c2ccc3c(-c4cccc(-n5c(CC)nc6ccccc65)c4)c4ccccc4c(-c4cccc5sc6ccccc6c45)c3c2)c([2H])c1[2H]. The van der Waals surface area contributed by atoms with Crippen molar-refractivity contribution < 1.29 is 6.85 Å². The number of fused-ring (bicyclic) bond motifs is 6. The molecular formula is C47H32N2S. The minimum absolute atomic E-state index is 0.189. The molecule has 0 aliphatic rings. The van der Waals surface area contributed by atoms with Gasteiger partial charge in [0.15, 0.2) is 0 Å². The fourth-order valence-corrected chi connectivity index (χ4v) is 8.85. The van der Waals surface area contributed by atoms with E-state index in [1.165, 1.54) is 20.2 Å². The quantitative estimate of drug-likeness (QED) is 0.168. The fraction of sp³-hybridized carbons (Fsp3) is 0.0426. The molecule has 2 aromatic heterocycles. The lowest BCUT2D eigenvalue weighted by atomic mass is 9.84. The first-order chi connectivity index (χ1) is 26.8. The smallest absolute Gasteiger partial charge is 0.114 e. The number of aromatic nitrogens is 2. The van der Waals surface area contributed by atoms with Gasteiger partial charge < -0.3 is 0 Å². The van der Waals surface area contributed by atoms with Crippen LogP contribution in [0.5, 0.6) is 0 Å². The third-order valence-electron chi connectivity index (χ3n) is 9.82. The van der Waals surface area contributed by atoms with Crippen LogP contribution in [0.1, 0.15) is 19.6 Å². The molecular weight excluding hydrogens is 625 g/mol. The molecule has 0 unspecified atom stereocenters. The van der Waals surface area contributed by atoms with E-state index in [1.54, 1.807) is 11.3 Å². The molecule has 0 atom stereocenters. The molecule has 236 valence electrons. The Morgan fingerprint density at radius 2 is 1.30 bits per heavy atom. The summed E-state index contributed by atoms with van der Waals surface area (Å²) >= 11 is 1.78. The van der Waals surface area contributed by atoms with E-state index in [-0.39, 0.29) is 29.7 Å². The average molecular weight is 662 g/mol. The molecule has 50 heavy (non-hydrogen) atoms. The van der Waals surface area contributed by atoms with Gasteiger partial charge in [0.05, 0.1) is 17.9 Å². The summed E-state index contributed by atoms with van der Waals surface area (Å²) in [6, 6.07) is 44.9. The molecule has 8 aromatic carbocycles. The number of nitrogens with zero attached hydrogens (tertiary/aromatic N) is 2. The lowest BCUT2D eigenvalue weighted by Crippen LogP contribution is -2.00. The Morgan fingerprint density at radius 1 is 0.580 bits per heavy atom. The maximum absolute atomic E-state index is 8.89. The molecule has 0 saturated heterocycles. The summed E-state index contributed by atoms with van der Waals surface area (Å²) in [7, 11) is 0. The second-order valence-corrected chi connectivity index (χ2v) is 13.7. The lowest BCUT2D eigenvalue weighted by Gasteiger charge is -2.20. The van der Waals surface area contributed by atoms with Gasteiger partial charge in [-0.05, 0) is 97.4 Å². The van der Waals surface area contributed by atoms with Crippen LogP contribution in [0, 0.1) is 0 Å². The highest BCUT2D eigenvalue weighted by atomic mass is 32.1. The van der Waals surface area contributed by atoms with Crippen LogP contribution in [0.4, 0.5) is 0 Å². The molecule has 10 aromatic rings. The summed E-state index contributed by atoms with van der Waals surface area (Å²) in [6.45, 7) is 2.13. The van der Waals surface area contributed by atoms with Crippen LogP contribution in [0.25, 0.3) is 91.8 Å². The van der Waals surface area contributed by atoms with E-state index in [2.05, 4.69) is 121 Å². The van der Waals surface area contributed by atoms with Crippen LogP contribution in [0.2, 0.25) is 0 Å². The number of rotatable bonds is 5. The van der Waals surface area contributed by atoms with Gasteiger partial charge in [0.2, 0.25) is 0 Å². The van der Waals surface area contributed by atoms with Crippen molar-refractivity contribution in [3.05, 3.63) is 169 Å². The van der Waals surface area contributed by atoms with Crippen molar-refractivity contribution in [3.63, 3.8) is 0 Å². The third kappa shape index (κ3) is 4.44. The van der Waals surface area contributed by atoms with Gasteiger partial charge in [-0.25, -0.2) is 4.98 Å². The predicted octanol–water partition coefficient (Wildman–Crippen LogP) is 13.3. The zero-order valence-electron chi connectivity index (χ0n) is 32.2. The van der Waals surface area contributed by atoms with Crippen molar-refractivity contribution in [2.45, 2.75) is 13.3 Å². The van der Waals surface area contributed by atoms with Gasteiger partial charge in [-0.15, -0.1) is 11.3 Å². The maximum Gasteiger partial charge on any atom is 0.114 e. The van der Waals surface area contributed by atoms with Gasteiger partial charge in [0.25, 0.3) is 0 Å². The zero-order chi connectivity index (χ0) is 37.5. The Hall–Kier alpha value is -6.03. The molecule has 0 amide bonds. The largest absolute Gasteiger partial charge is 0.296 e. The van der Waals surface area contributed by atoms with Gasteiger partial charge in [-0.1, -0.05) is 128 Å². The van der Waals surface area contributed by atoms with E-state index in [1.807, 2.05) is 24.3 Å². The maximum atomic E-state index is 8.89. The van der Waals surface area contributed by atoms with Crippen LogP contribution >= 0.6 is 11.3 Å². The first-order valence-electron chi connectivity index (χ1n) is 19.4. The summed E-state index contributed by atoms with van der Waals surface area (Å²) in [5.41, 5.74) is 8.04. The summed E-state index contributed by atoms with van der Waals surface area (Å²) in [5, 5.41) is 6.47. The van der Waals surface area contributed by atoms with Crippen LogP contribution in [0.15, 0.2) is 164 Å². The Balaban J connectivity index is 1.34. The number of imidazole rings is 1. The summed E-state index contributed by atoms with van der Waals surface area (Å²) in [4.78, 5) is 4.96. The molecule has 10 rings (SSSR count). The van der Waals surface area contributed by atoms with Crippen molar-refractivity contribution in [2.24, 2.45) is 0 Å². The second-order valence-electron chi connectivity index (χ2n) is 12.6. The molecule has 0 bridgehead atoms. The summed E-state index contributed by atoms with van der Waals surface area (Å²) < 4.78 is 47.6. The number of para-hydroxylation sites is 2. The number of hydrogen-bond acceptors (Lipinski definition) is 2. The van der Waals surface area contributed by atoms with Crippen molar-refractivity contribution in [1.29, 1.82) is 0 Å². The summed E-state index contributed by atoms with van der Waals surface area (Å²) in [5.74, 6) is 0.989.